The molecule has 6 rings (SSSR count). The van der Waals surface area contributed by atoms with Gasteiger partial charge in [-0.05, 0) is 75.7 Å². The molecule has 1 saturated heterocycles. The predicted octanol–water partition coefficient (Wildman–Crippen LogP) is 4.16. The van der Waals surface area contributed by atoms with E-state index in [4.69, 9.17) is 23.3 Å². The molecule has 12 heteroatoms. The van der Waals surface area contributed by atoms with Crippen LogP contribution >= 0.6 is 7.60 Å². The zero-order valence-electron chi connectivity index (χ0n) is 26.6. The summed E-state index contributed by atoms with van der Waals surface area (Å²) in [6.45, 7) is 6.36. The fourth-order valence-electron chi connectivity index (χ4n) is 9.31. The van der Waals surface area contributed by atoms with Crippen molar-refractivity contribution in [3.05, 3.63) is 54.1 Å². The SMILES string of the molecule is CCOC(=O)[C@H](C)OP(=O)(CC1O[C@@H]2C[C@H]3[C@@H]4CCC5=CC(=O)C=C[C@]5(C)[C@H]4[C@@H](O)C[C@]3(C)[C@]2(C(=O)CO)O1)Oc1ccccc1. The summed E-state index contributed by atoms with van der Waals surface area (Å²) < 4.78 is 43.9. The summed E-state index contributed by atoms with van der Waals surface area (Å²) in [6, 6.07) is 8.36. The molecule has 250 valence electrons. The number of ketones is 2. The Kier molecular flexibility index (Phi) is 8.74. The fraction of sp³-hybridized carbons (Fsp3) is 0.618. The van der Waals surface area contributed by atoms with Gasteiger partial charge in [-0.15, -0.1) is 0 Å². The van der Waals surface area contributed by atoms with Crippen molar-refractivity contribution < 1.29 is 52.4 Å². The molecule has 0 spiro atoms. The summed E-state index contributed by atoms with van der Waals surface area (Å²) in [6.07, 6.45) is 2.70. The predicted molar refractivity (Wildman–Crippen MR) is 165 cm³/mol. The standard InChI is InChI=1S/C34H43O11P/c1-5-41-31(39)20(2)44-46(40,45-23-9-7-6-8-10-23)19-29-42-28-16-25-24-12-11-21-15-22(36)13-14-32(21,3)30(24)26(37)17-33(25,4)34(28,43-29)27(38)18-35/h6-10,13-15,20,24-26,28-30,35,37H,5,11-12,16-19H2,1-4H3/t20-,24-,25-,26-,28+,29?,30+,32-,33-,34+,46?/m0/s1. The van der Waals surface area contributed by atoms with Gasteiger partial charge in [-0.2, -0.15) is 0 Å². The van der Waals surface area contributed by atoms with Gasteiger partial charge in [0.25, 0.3) is 0 Å². The van der Waals surface area contributed by atoms with Crippen molar-refractivity contribution in [3.8, 4) is 5.75 Å². The third-order valence-corrected chi connectivity index (χ3v) is 13.0. The summed E-state index contributed by atoms with van der Waals surface area (Å²) in [4.78, 5) is 38.4. The second kappa shape index (κ2) is 12.1. The molecule has 46 heavy (non-hydrogen) atoms. The Labute approximate surface area is 268 Å². The van der Waals surface area contributed by atoms with Crippen LogP contribution in [0.1, 0.15) is 53.4 Å². The smallest absolute Gasteiger partial charge is 0.385 e. The van der Waals surface area contributed by atoms with Gasteiger partial charge in [0.15, 0.2) is 29.6 Å². The second-order valence-electron chi connectivity index (χ2n) is 13.6. The summed E-state index contributed by atoms with van der Waals surface area (Å²) in [5.74, 6) is -1.37. The zero-order chi connectivity index (χ0) is 33.1. The molecular formula is C34H43O11P. The van der Waals surface area contributed by atoms with Gasteiger partial charge < -0.3 is 28.9 Å². The number of para-hydroxylation sites is 1. The molecule has 0 radical (unpaired) electrons. The lowest BCUT2D eigenvalue weighted by atomic mass is 9.46. The molecule has 1 aromatic carbocycles. The molecule has 4 aliphatic carbocycles. The van der Waals surface area contributed by atoms with E-state index in [-0.39, 0.29) is 42.3 Å². The average Bonchev–Trinajstić information content (AvgIpc) is 3.48. The van der Waals surface area contributed by atoms with Gasteiger partial charge in [0.05, 0.1) is 18.8 Å². The van der Waals surface area contributed by atoms with Crippen LogP contribution in [0.25, 0.3) is 0 Å². The van der Waals surface area contributed by atoms with E-state index in [9.17, 15) is 29.2 Å². The number of fused-ring (bicyclic) bond motifs is 7. The molecule has 1 aliphatic heterocycles. The van der Waals surface area contributed by atoms with Crippen molar-refractivity contribution in [1.29, 1.82) is 0 Å². The Bertz CT molecular complexity index is 1490. The maximum absolute atomic E-state index is 14.3. The highest BCUT2D eigenvalue weighted by Gasteiger charge is 2.76. The quantitative estimate of drug-likeness (QED) is 0.275. The van der Waals surface area contributed by atoms with Crippen molar-refractivity contribution in [2.75, 3.05) is 19.4 Å². The molecule has 2 N–H and O–H groups in total. The van der Waals surface area contributed by atoms with Gasteiger partial charge >= 0.3 is 13.6 Å². The van der Waals surface area contributed by atoms with E-state index in [0.717, 1.165) is 12.0 Å². The Hall–Kier alpha value is -2.66. The molecule has 0 aromatic heterocycles. The Morgan fingerprint density at radius 2 is 1.93 bits per heavy atom. The normalized spacial score (nSPS) is 39.6. The minimum Gasteiger partial charge on any atom is -0.464 e. The topological polar surface area (TPSA) is 155 Å². The van der Waals surface area contributed by atoms with Gasteiger partial charge in [0.1, 0.15) is 18.5 Å². The van der Waals surface area contributed by atoms with Crippen LogP contribution in [0, 0.1) is 28.6 Å². The molecule has 2 unspecified atom stereocenters. The number of benzene rings is 1. The van der Waals surface area contributed by atoms with Gasteiger partial charge in [0.2, 0.25) is 0 Å². The van der Waals surface area contributed by atoms with Crippen LogP contribution in [-0.4, -0.2) is 77.3 Å². The van der Waals surface area contributed by atoms with Gasteiger partial charge in [-0.1, -0.05) is 43.7 Å². The van der Waals surface area contributed by atoms with Crippen molar-refractivity contribution in [2.24, 2.45) is 28.6 Å². The van der Waals surface area contributed by atoms with Crippen LogP contribution in [0.4, 0.5) is 0 Å². The molecule has 0 bridgehead atoms. The maximum atomic E-state index is 14.3. The average molecular weight is 659 g/mol. The summed E-state index contributed by atoms with van der Waals surface area (Å²) in [5.41, 5.74) is -2.03. The van der Waals surface area contributed by atoms with Crippen LogP contribution in [0.5, 0.6) is 5.75 Å². The van der Waals surface area contributed by atoms with E-state index in [2.05, 4.69) is 6.92 Å². The molecule has 5 aliphatic rings. The highest BCUT2D eigenvalue weighted by atomic mass is 31.2. The van der Waals surface area contributed by atoms with Crippen LogP contribution in [0.3, 0.4) is 0 Å². The molecule has 1 aromatic rings. The number of esters is 1. The van der Waals surface area contributed by atoms with Crippen LogP contribution in [-0.2, 0) is 37.7 Å². The molecular weight excluding hydrogens is 615 g/mol. The third-order valence-electron chi connectivity index (χ3n) is 11.1. The molecule has 11 nitrogen and oxygen atoms in total. The van der Waals surface area contributed by atoms with Gasteiger partial charge in [-0.3, -0.25) is 14.1 Å². The number of carbonyl (C=O) groups is 3. The molecule has 4 fully saturated rings. The van der Waals surface area contributed by atoms with Crippen LogP contribution < -0.4 is 4.52 Å². The van der Waals surface area contributed by atoms with Crippen molar-refractivity contribution in [2.45, 2.75) is 83.6 Å². The van der Waals surface area contributed by atoms with Gasteiger partial charge in [-0.25, -0.2) is 9.36 Å². The Morgan fingerprint density at radius 1 is 1.20 bits per heavy atom. The lowest BCUT2D eigenvalue weighted by molar-refractivity contribution is -0.196. The zero-order valence-corrected chi connectivity index (χ0v) is 27.5. The van der Waals surface area contributed by atoms with Crippen molar-refractivity contribution >= 4 is 25.1 Å². The second-order valence-corrected chi connectivity index (χ2v) is 15.6. The fourth-order valence-corrected chi connectivity index (χ4v) is 11.1. The molecule has 0 amide bonds. The maximum Gasteiger partial charge on any atom is 0.385 e. The number of allylic oxidation sites excluding steroid dienone is 4. The minimum atomic E-state index is -4.17. The highest BCUT2D eigenvalue weighted by molar-refractivity contribution is 7.54. The number of aliphatic hydroxyl groups is 2. The number of hydrogen-bond donors (Lipinski definition) is 2. The van der Waals surface area contributed by atoms with Crippen molar-refractivity contribution in [1.82, 2.24) is 0 Å². The first-order chi connectivity index (χ1) is 21.8. The Balaban J connectivity index is 1.30. The van der Waals surface area contributed by atoms with E-state index in [1.165, 1.54) is 6.92 Å². The lowest BCUT2D eigenvalue weighted by Crippen LogP contribution is -2.63. The van der Waals surface area contributed by atoms with Crippen LogP contribution in [0.15, 0.2) is 54.1 Å². The largest absolute Gasteiger partial charge is 0.464 e. The number of aliphatic hydroxyl groups excluding tert-OH is 2. The highest BCUT2D eigenvalue weighted by Crippen LogP contribution is 2.70. The lowest BCUT2D eigenvalue weighted by Gasteiger charge is -2.59. The summed E-state index contributed by atoms with van der Waals surface area (Å²) in [7, 11) is -4.17. The summed E-state index contributed by atoms with van der Waals surface area (Å²) in [5, 5.41) is 22.1. The van der Waals surface area contributed by atoms with E-state index < -0.39 is 73.2 Å². The van der Waals surface area contributed by atoms with E-state index in [1.54, 1.807) is 49.4 Å². The van der Waals surface area contributed by atoms with Crippen molar-refractivity contribution in [3.63, 3.8) is 0 Å². The van der Waals surface area contributed by atoms with Crippen LogP contribution in [0.2, 0.25) is 0 Å². The number of rotatable bonds is 10. The first-order valence-electron chi connectivity index (χ1n) is 16.1. The van der Waals surface area contributed by atoms with E-state index in [0.29, 0.717) is 12.8 Å². The number of Topliss-reactive ketones (excluding diaryl/α,β-unsaturated/α-hetero) is 1. The third kappa shape index (κ3) is 5.24. The number of ether oxygens (including phenoxy) is 3. The molecule has 1 heterocycles. The minimum absolute atomic E-state index is 0.00496. The first kappa shape index (κ1) is 33.2. The first-order valence-corrected chi connectivity index (χ1v) is 17.8. The number of carbonyl (C=O) groups excluding carboxylic acids is 3. The monoisotopic (exact) mass is 658 g/mol. The summed E-state index contributed by atoms with van der Waals surface area (Å²) >= 11 is 0. The van der Waals surface area contributed by atoms with Gasteiger partial charge in [0, 0.05) is 16.7 Å². The number of hydrogen-bond acceptors (Lipinski definition) is 11. The van der Waals surface area contributed by atoms with E-state index in [1.807, 2.05) is 13.0 Å². The molecule has 11 atom stereocenters. The van der Waals surface area contributed by atoms with E-state index >= 15 is 0 Å². The molecule has 3 saturated carbocycles. The Morgan fingerprint density at radius 3 is 2.63 bits per heavy atom.